The van der Waals surface area contributed by atoms with E-state index >= 15 is 0 Å². The first kappa shape index (κ1) is 25.5. The second-order valence-electron chi connectivity index (χ2n) is 8.47. The Kier molecular flexibility index (Phi) is 7.49. The number of hydrogen-bond acceptors (Lipinski definition) is 3. The van der Waals surface area contributed by atoms with Crippen LogP contribution in [0.5, 0.6) is 0 Å². The van der Waals surface area contributed by atoms with Gasteiger partial charge in [0.05, 0.1) is 23.5 Å². The van der Waals surface area contributed by atoms with E-state index in [1.165, 1.54) is 6.07 Å². The van der Waals surface area contributed by atoms with E-state index in [0.717, 1.165) is 30.8 Å². The number of nitrogens with one attached hydrogen (secondary N) is 2. The van der Waals surface area contributed by atoms with Gasteiger partial charge in [0, 0.05) is 17.1 Å². The van der Waals surface area contributed by atoms with Crippen molar-refractivity contribution in [3.8, 4) is 0 Å². The first-order valence-corrected chi connectivity index (χ1v) is 11.9. The molecule has 0 spiro atoms. The standard InChI is InChI=1S/C26H25ClF3N5O/c1-3-4-8-23-33-22-14-21(34-25(36)32-20-11-9-19(27)10-12-20)16(2)31-24(22)35(23)15-17-6-5-7-18(13-17)26(28,29)30/h5-7,9-14H,3-4,8,15H2,1-2H3,(H2,32,34,36). The number of pyridine rings is 1. The quantitative estimate of drug-likeness (QED) is 0.268. The molecule has 0 aliphatic carbocycles. The van der Waals surface area contributed by atoms with Crippen molar-refractivity contribution in [1.82, 2.24) is 14.5 Å². The summed E-state index contributed by atoms with van der Waals surface area (Å²) in [6.07, 6.45) is -1.94. The van der Waals surface area contributed by atoms with Gasteiger partial charge in [-0.1, -0.05) is 37.1 Å². The van der Waals surface area contributed by atoms with Gasteiger partial charge in [-0.05, 0) is 61.4 Å². The van der Waals surface area contributed by atoms with E-state index in [0.29, 0.717) is 45.2 Å². The molecule has 36 heavy (non-hydrogen) atoms. The Balaban J connectivity index is 1.64. The molecule has 2 heterocycles. The van der Waals surface area contributed by atoms with Crippen molar-refractivity contribution in [3.05, 3.63) is 82.3 Å². The maximum absolute atomic E-state index is 13.2. The van der Waals surface area contributed by atoms with Crippen LogP contribution in [0.15, 0.2) is 54.6 Å². The lowest BCUT2D eigenvalue weighted by atomic mass is 10.1. The fraction of sp³-hybridized carbons (Fsp3) is 0.269. The van der Waals surface area contributed by atoms with Crippen LogP contribution in [-0.2, 0) is 19.1 Å². The van der Waals surface area contributed by atoms with Crippen LogP contribution in [-0.4, -0.2) is 20.6 Å². The minimum absolute atomic E-state index is 0.204. The third-order valence-electron chi connectivity index (χ3n) is 5.69. The molecule has 10 heteroatoms. The van der Waals surface area contributed by atoms with Crippen LogP contribution in [0, 0.1) is 6.92 Å². The maximum Gasteiger partial charge on any atom is 0.416 e. The number of imidazole rings is 1. The zero-order chi connectivity index (χ0) is 25.9. The number of amides is 2. The summed E-state index contributed by atoms with van der Waals surface area (Å²) in [7, 11) is 0. The van der Waals surface area contributed by atoms with Gasteiger partial charge in [-0.3, -0.25) is 0 Å². The number of urea groups is 1. The number of alkyl halides is 3. The SMILES string of the molecule is CCCCc1nc2cc(NC(=O)Nc3ccc(Cl)cc3)c(C)nc2n1Cc1cccc(C(F)(F)F)c1. The summed E-state index contributed by atoms with van der Waals surface area (Å²) < 4.78 is 41.5. The van der Waals surface area contributed by atoms with Crippen molar-refractivity contribution in [1.29, 1.82) is 0 Å². The molecule has 0 aliphatic rings. The largest absolute Gasteiger partial charge is 0.416 e. The van der Waals surface area contributed by atoms with Gasteiger partial charge >= 0.3 is 12.2 Å². The van der Waals surface area contributed by atoms with Gasteiger partial charge in [0.2, 0.25) is 0 Å². The van der Waals surface area contributed by atoms with E-state index in [1.54, 1.807) is 43.3 Å². The van der Waals surface area contributed by atoms with Crippen LogP contribution in [0.4, 0.5) is 29.3 Å². The molecule has 0 radical (unpaired) electrons. The molecule has 4 rings (SSSR count). The highest BCUT2D eigenvalue weighted by molar-refractivity contribution is 6.30. The average Bonchev–Trinajstić information content (AvgIpc) is 3.15. The van der Waals surface area contributed by atoms with Gasteiger partial charge in [0.25, 0.3) is 0 Å². The first-order chi connectivity index (χ1) is 17.1. The Labute approximate surface area is 211 Å². The second kappa shape index (κ2) is 10.6. The van der Waals surface area contributed by atoms with Crippen molar-refractivity contribution in [3.63, 3.8) is 0 Å². The first-order valence-electron chi connectivity index (χ1n) is 11.5. The molecule has 0 aliphatic heterocycles. The third-order valence-corrected chi connectivity index (χ3v) is 5.94. The van der Waals surface area contributed by atoms with E-state index < -0.39 is 17.8 Å². The molecule has 0 saturated heterocycles. The fourth-order valence-corrected chi connectivity index (χ4v) is 3.98. The van der Waals surface area contributed by atoms with Gasteiger partial charge in [0.1, 0.15) is 11.3 Å². The summed E-state index contributed by atoms with van der Waals surface area (Å²) in [5, 5.41) is 6.09. The molecule has 4 aromatic rings. The minimum Gasteiger partial charge on any atom is -0.308 e. The highest BCUT2D eigenvalue weighted by Gasteiger charge is 2.30. The molecule has 0 atom stereocenters. The predicted octanol–water partition coefficient (Wildman–Crippen LogP) is 7.45. The number of hydrogen-bond donors (Lipinski definition) is 2. The maximum atomic E-state index is 13.2. The van der Waals surface area contributed by atoms with Gasteiger partial charge in [-0.25, -0.2) is 14.8 Å². The lowest BCUT2D eigenvalue weighted by molar-refractivity contribution is -0.137. The number of aryl methyl sites for hydroxylation is 2. The number of unbranched alkanes of at least 4 members (excludes halogenated alkanes) is 1. The lowest BCUT2D eigenvalue weighted by Crippen LogP contribution is -2.20. The van der Waals surface area contributed by atoms with Gasteiger partial charge in [-0.2, -0.15) is 13.2 Å². The molecule has 0 saturated carbocycles. The Morgan fingerprint density at radius 2 is 1.81 bits per heavy atom. The molecule has 188 valence electrons. The van der Waals surface area contributed by atoms with E-state index in [9.17, 15) is 18.0 Å². The Morgan fingerprint density at radius 1 is 1.06 bits per heavy atom. The number of fused-ring (bicyclic) bond motifs is 1. The number of aromatic nitrogens is 3. The van der Waals surface area contributed by atoms with E-state index in [-0.39, 0.29) is 6.54 Å². The molecule has 2 aromatic heterocycles. The molecule has 6 nitrogen and oxygen atoms in total. The fourth-order valence-electron chi connectivity index (χ4n) is 3.85. The molecular formula is C26H25ClF3N5O. The van der Waals surface area contributed by atoms with Crippen molar-refractivity contribution < 1.29 is 18.0 Å². The third kappa shape index (κ3) is 5.96. The summed E-state index contributed by atoms with van der Waals surface area (Å²) in [4.78, 5) is 21.9. The average molecular weight is 516 g/mol. The van der Waals surface area contributed by atoms with Gasteiger partial charge in [-0.15, -0.1) is 0 Å². The molecule has 0 fully saturated rings. The summed E-state index contributed by atoms with van der Waals surface area (Å²) in [6, 6.07) is 13.3. The van der Waals surface area contributed by atoms with Crippen molar-refractivity contribution >= 4 is 40.2 Å². The number of carbonyl (C=O) groups excluding carboxylic acids is 1. The van der Waals surface area contributed by atoms with Crippen molar-refractivity contribution in [2.24, 2.45) is 0 Å². The number of benzene rings is 2. The molecule has 2 amide bonds. The Hall–Kier alpha value is -3.59. The van der Waals surface area contributed by atoms with Gasteiger partial charge in [0.15, 0.2) is 5.65 Å². The van der Waals surface area contributed by atoms with Crippen LogP contribution in [0.3, 0.4) is 0 Å². The monoisotopic (exact) mass is 515 g/mol. The van der Waals surface area contributed by atoms with E-state index in [1.807, 2.05) is 4.57 Å². The summed E-state index contributed by atoms with van der Waals surface area (Å²) >= 11 is 5.88. The zero-order valence-electron chi connectivity index (χ0n) is 19.8. The summed E-state index contributed by atoms with van der Waals surface area (Å²) in [5.74, 6) is 0.735. The molecule has 0 bridgehead atoms. The van der Waals surface area contributed by atoms with E-state index in [2.05, 4.69) is 22.5 Å². The molecule has 0 unspecified atom stereocenters. The molecule has 2 aromatic carbocycles. The highest BCUT2D eigenvalue weighted by Crippen LogP contribution is 2.30. The van der Waals surface area contributed by atoms with Crippen LogP contribution < -0.4 is 10.6 Å². The number of rotatable bonds is 7. The minimum atomic E-state index is -4.42. The highest BCUT2D eigenvalue weighted by atomic mass is 35.5. The van der Waals surface area contributed by atoms with Crippen LogP contribution in [0.25, 0.3) is 11.2 Å². The Morgan fingerprint density at radius 3 is 2.50 bits per heavy atom. The smallest absolute Gasteiger partial charge is 0.308 e. The van der Waals surface area contributed by atoms with Gasteiger partial charge < -0.3 is 15.2 Å². The van der Waals surface area contributed by atoms with Crippen molar-refractivity contribution in [2.75, 3.05) is 10.6 Å². The van der Waals surface area contributed by atoms with Crippen LogP contribution in [0.2, 0.25) is 5.02 Å². The summed E-state index contributed by atoms with van der Waals surface area (Å²) in [5.41, 5.74) is 2.55. The topological polar surface area (TPSA) is 71.8 Å². The van der Waals surface area contributed by atoms with E-state index in [4.69, 9.17) is 16.6 Å². The number of anilines is 2. The number of carbonyl (C=O) groups is 1. The second-order valence-corrected chi connectivity index (χ2v) is 8.90. The molecule has 2 N–H and O–H groups in total. The molecular weight excluding hydrogens is 491 g/mol. The van der Waals surface area contributed by atoms with Crippen LogP contribution in [0.1, 0.15) is 42.4 Å². The zero-order valence-corrected chi connectivity index (χ0v) is 20.5. The predicted molar refractivity (Wildman–Crippen MR) is 136 cm³/mol. The summed E-state index contributed by atoms with van der Waals surface area (Å²) in [6.45, 7) is 4.02. The number of nitrogens with zero attached hydrogens (tertiary/aromatic N) is 3. The Bertz CT molecular complexity index is 1380. The van der Waals surface area contributed by atoms with Crippen molar-refractivity contribution in [2.45, 2.75) is 45.8 Å². The normalized spacial score (nSPS) is 11.6. The van der Waals surface area contributed by atoms with Crippen LogP contribution >= 0.6 is 11.6 Å². The number of halogens is 4. The lowest BCUT2D eigenvalue weighted by Gasteiger charge is -2.13.